The first-order valence-corrected chi connectivity index (χ1v) is 9.28. The molecule has 0 spiro atoms. The predicted octanol–water partition coefficient (Wildman–Crippen LogP) is 5.74. The van der Waals surface area contributed by atoms with Crippen molar-refractivity contribution in [1.29, 1.82) is 0 Å². The zero-order valence-corrected chi connectivity index (χ0v) is 16.1. The Morgan fingerprint density at radius 2 is 1.56 bits per heavy atom. The number of benzene rings is 3. The number of nitro benzene ring substituents is 1. The normalized spacial score (nSPS) is 9.48. The minimum Gasteiger partial charge on any atom is -0.488 e. The summed E-state index contributed by atoms with van der Waals surface area (Å²) in [6.07, 6.45) is 5.34. The van der Waals surface area contributed by atoms with Crippen LogP contribution in [0.1, 0.15) is 16.7 Å². The third kappa shape index (κ3) is 6.61. The Kier molecular flexibility index (Phi) is 8.08. The van der Waals surface area contributed by atoms with Crippen molar-refractivity contribution in [1.82, 2.24) is 0 Å². The molecule has 0 amide bonds. The van der Waals surface area contributed by atoms with E-state index >= 15 is 0 Å². The first kappa shape index (κ1) is 20.2. The van der Waals surface area contributed by atoms with Gasteiger partial charge in [0.2, 0.25) is 0 Å². The second kappa shape index (κ2) is 10.8. The lowest BCUT2D eigenvalue weighted by atomic mass is 10.2. The highest BCUT2D eigenvalue weighted by molar-refractivity contribution is 9.08. The number of rotatable bonds is 5. The molecule has 0 atom stereocenters. The number of nitrogens with zero attached hydrogens (tertiary/aromatic N) is 1. The molecule has 3 aromatic carbocycles. The zero-order valence-electron chi connectivity index (χ0n) is 14.5. The van der Waals surface area contributed by atoms with Crippen molar-refractivity contribution in [3.05, 3.63) is 106 Å². The van der Waals surface area contributed by atoms with Crippen LogP contribution in [0.2, 0.25) is 0 Å². The fourth-order valence-corrected chi connectivity index (χ4v) is 2.55. The topological polar surface area (TPSA) is 52.4 Å². The van der Waals surface area contributed by atoms with Crippen molar-refractivity contribution < 1.29 is 9.66 Å². The molecule has 0 radical (unpaired) electrons. The molecule has 3 aromatic rings. The molecule has 0 aliphatic carbocycles. The van der Waals surface area contributed by atoms with Gasteiger partial charge in [-0.15, -0.1) is 6.42 Å². The molecule has 4 nitrogen and oxygen atoms in total. The van der Waals surface area contributed by atoms with E-state index in [0.29, 0.717) is 17.9 Å². The van der Waals surface area contributed by atoms with Crippen molar-refractivity contribution in [3.63, 3.8) is 0 Å². The molecule has 0 N–H and O–H groups in total. The second-order valence-corrected chi connectivity index (χ2v) is 6.04. The van der Waals surface area contributed by atoms with Crippen molar-refractivity contribution in [2.24, 2.45) is 0 Å². The van der Waals surface area contributed by atoms with Crippen LogP contribution in [0.3, 0.4) is 0 Å². The maximum atomic E-state index is 10.7. The van der Waals surface area contributed by atoms with Gasteiger partial charge in [0.25, 0.3) is 5.69 Å². The fourth-order valence-electron chi connectivity index (χ4n) is 2.17. The standard InChI is InChI=1S/C15H11NO3.C7H7Br/c1-2-13-10-14(16(17)18)8-9-15(13)19-11-12-6-4-3-5-7-12;8-6-7-4-2-1-3-5-7/h1,3-10H,11H2;1-5H,6H2. The first-order chi connectivity index (χ1) is 13.1. The van der Waals surface area contributed by atoms with Crippen LogP contribution in [-0.4, -0.2) is 4.92 Å². The highest BCUT2D eigenvalue weighted by Crippen LogP contribution is 2.24. The lowest BCUT2D eigenvalue weighted by molar-refractivity contribution is -0.384. The summed E-state index contributed by atoms with van der Waals surface area (Å²) in [6.45, 7) is 0.368. The summed E-state index contributed by atoms with van der Waals surface area (Å²) in [7, 11) is 0. The van der Waals surface area contributed by atoms with Gasteiger partial charge in [-0.1, -0.05) is 82.5 Å². The number of ether oxygens (including phenoxy) is 1. The number of nitro groups is 1. The van der Waals surface area contributed by atoms with Crippen molar-refractivity contribution in [3.8, 4) is 18.1 Å². The first-order valence-electron chi connectivity index (χ1n) is 8.15. The Balaban J connectivity index is 0.000000273. The van der Waals surface area contributed by atoms with E-state index in [0.717, 1.165) is 10.9 Å². The lowest BCUT2D eigenvalue weighted by Crippen LogP contribution is -1.98. The van der Waals surface area contributed by atoms with Crippen LogP contribution in [0, 0.1) is 22.5 Å². The third-order valence-corrected chi connectivity index (χ3v) is 4.21. The van der Waals surface area contributed by atoms with Gasteiger partial charge in [-0.05, 0) is 17.2 Å². The summed E-state index contributed by atoms with van der Waals surface area (Å²) in [5.74, 6) is 2.87. The second-order valence-electron chi connectivity index (χ2n) is 5.48. The minimum atomic E-state index is -0.484. The quantitative estimate of drug-likeness (QED) is 0.227. The van der Waals surface area contributed by atoms with Crippen LogP contribution in [0.25, 0.3) is 0 Å². The van der Waals surface area contributed by atoms with E-state index in [1.807, 2.05) is 48.5 Å². The van der Waals surface area contributed by atoms with Crippen LogP contribution in [0.5, 0.6) is 5.75 Å². The molecule has 0 aromatic heterocycles. The summed E-state index contributed by atoms with van der Waals surface area (Å²) in [4.78, 5) is 10.2. The number of hydrogen-bond donors (Lipinski definition) is 0. The smallest absolute Gasteiger partial charge is 0.270 e. The van der Waals surface area contributed by atoms with E-state index in [-0.39, 0.29) is 5.69 Å². The fraction of sp³-hybridized carbons (Fsp3) is 0.0909. The zero-order chi connectivity index (χ0) is 19.5. The van der Waals surface area contributed by atoms with E-state index < -0.39 is 4.92 Å². The number of non-ortho nitro benzene ring substituents is 1. The largest absolute Gasteiger partial charge is 0.488 e. The van der Waals surface area contributed by atoms with Crippen molar-refractivity contribution in [2.45, 2.75) is 11.9 Å². The van der Waals surface area contributed by atoms with Gasteiger partial charge in [0, 0.05) is 17.5 Å². The highest BCUT2D eigenvalue weighted by atomic mass is 79.9. The Morgan fingerprint density at radius 3 is 2.04 bits per heavy atom. The SMILES string of the molecule is BrCc1ccccc1.C#Cc1cc([N+](=O)[O-])ccc1OCc1ccccc1. The molecule has 27 heavy (non-hydrogen) atoms. The lowest BCUT2D eigenvalue weighted by Gasteiger charge is -2.08. The van der Waals surface area contributed by atoms with Crippen molar-refractivity contribution >= 4 is 21.6 Å². The molecule has 0 aliphatic rings. The number of halogens is 1. The number of alkyl halides is 1. The van der Waals surface area contributed by atoms with Crippen molar-refractivity contribution in [2.75, 3.05) is 0 Å². The summed E-state index contributed by atoms with van der Waals surface area (Å²) in [5, 5.41) is 11.6. The molecule has 0 saturated heterocycles. The van der Waals surface area contributed by atoms with E-state index in [9.17, 15) is 10.1 Å². The highest BCUT2D eigenvalue weighted by Gasteiger charge is 2.10. The third-order valence-electron chi connectivity index (χ3n) is 3.56. The van der Waals surface area contributed by atoms with Crippen LogP contribution < -0.4 is 4.74 Å². The summed E-state index contributed by atoms with van der Waals surface area (Å²) in [6, 6.07) is 24.1. The van der Waals surface area contributed by atoms with Gasteiger partial charge in [0.15, 0.2) is 0 Å². The molecule has 0 bridgehead atoms. The van der Waals surface area contributed by atoms with Crippen LogP contribution in [0.15, 0.2) is 78.9 Å². The van der Waals surface area contributed by atoms with Gasteiger partial charge in [-0.25, -0.2) is 0 Å². The Hall–Kier alpha value is -3.10. The number of hydrogen-bond acceptors (Lipinski definition) is 3. The molecule has 5 heteroatoms. The van der Waals surface area contributed by atoms with E-state index in [2.05, 4.69) is 34.0 Å². The van der Waals surface area contributed by atoms with E-state index in [1.54, 1.807) is 0 Å². The average molecular weight is 424 g/mol. The molecule has 0 aliphatic heterocycles. The van der Waals surface area contributed by atoms with Gasteiger partial charge in [0.05, 0.1) is 10.5 Å². The molecule has 0 saturated carbocycles. The minimum absolute atomic E-state index is 0.0417. The van der Waals surface area contributed by atoms with Gasteiger partial charge in [-0.2, -0.15) is 0 Å². The van der Waals surface area contributed by atoms with Crippen LogP contribution in [-0.2, 0) is 11.9 Å². The molecule has 0 heterocycles. The van der Waals surface area contributed by atoms with E-state index in [4.69, 9.17) is 11.2 Å². The van der Waals surface area contributed by atoms with Gasteiger partial charge in [-0.3, -0.25) is 10.1 Å². The summed E-state index contributed by atoms with van der Waals surface area (Å²) >= 11 is 3.36. The molecule has 136 valence electrons. The predicted molar refractivity (Wildman–Crippen MR) is 111 cm³/mol. The van der Waals surface area contributed by atoms with Gasteiger partial charge >= 0.3 is 0 Å². The molecule has 3 rings (SSSR count). The maximum Gasteiger partial charge on any atom is 0.270 e. The van der Waals surface area contributed by atoms with Crippen LogP contribution in [0.4, 0.5) is 5.69 Å². The van der Waals surface area contributed by atoms with Gasteiger partial charge < -0.3 is 4.74 Å². The van der Waals surface area contributed by atoms with Crippen LogP contribution >= 0.6 is 15.9 Å². The van der Waals surface area contributed by atoms with Gasteiger partial charge in [0.1, 0.15) is 12.4 Å². The molecule has 0 unspecified atom stereocenters. The molecule has 0 fully saturated rings. The number of terminal acetylenes is 1. The molecular weight excluding hydrogens is 406 g/mol. The Morgan fingerprint density at radius 1 is 0.963 bits per heavy atom. The summed E-state index contributed by atoms with van der Waals surface area (Å²) < 4.78 is 5.58. The monoisotopic (exact) mass is 423 g/mol. The summed E-state index contributed by atoms with van der Waals surface area (Å²) in [5.41, 5.74) is 2.67. The maximum absolute atomic E-state index is 10.7. The average Bonchev–Trinajstić information content (AvgIpc) is 2.73. The molecular formula is C22H18BrNO3. The Labute approximate surface area is 167 Å². The van der Waals surface area contributed by atoms with E-state index in [1.165, 1.54) is 23.8 Å². The Bertz CT molecular complexity index is 906.